The Morgan fingerprint density at radius 3 is 2.25 bits per heavy atom. The van der Waals surface area contributed by atoms with Gasteiger partial charge in [-0.1, -0.05) is 23.7 Å². The Labute approximate surface area is 49.9 Å². The minimum Gasteiger partial charge on any atom is -0.399 e. The maximum Gasteiger partial charge on any atom is 0.116 e. The summed E-state index contributed by atoms with van der Waals surface area (Å²) >= 11 is 0. The smallest absolute Gasteiger partial charge is 0.116 e. The average Bonchev–Trinajstić information content (AvgIpc) is 1.77. The summed E-state index contributed by atoms with van der Waals surface area (Å²) in [6.07, 6.45) is 0. The van der Waals surface area contributed by atoms with E-state index in [1.54, 1.807) is 12.1 Å². The lowest BCUT2D eigenvalue weighted by atomic mass is 9.95. The molecule has 2 N–H and O–H groups in total. The van der Waals surface area contributed by atoms with Crippen LogP contribution in [0.5, 0.6) is 0 Å². The van der Waals surface area contributed by atoms with Crippen LogP contribution in [0.2, 0.25) is 0 Å². The van der Waals surface area contributed by atoms with Gasteiger partial charge in [-0.2, -0.15) is 0 Å². The standard InChI is InChI=1S/C6H6BN/c7-5-3-1-2-4-6(5)8/h1-4H,8H2. The predicted octanol–water partition coefficient (Wildman–Crippen LogP) is 0.0626. The molecule has 38 valence electrons. The Morgan fingerprint density at radius 1 is 1.25 bits per heavy atom. The summed E-state index contributed by atoms with van der Waals surface area (Å²) in [7, 11) is 5.39. The number of benzene rings is 1. The zero-order valence-electron chi connectivity index (χ0n) is 4.46. The molecule has 8 heavy (non-hydrogen) atoms. The second kappa shape index (κ2) is 1.91. The Kier molecular flexibility index (Phi) is 1.25. The number of rotatable bonds is 0. The van der Waals surface area contributed by atoms with E-state index < -0.39 is 0 Å². The summed E-state index contributed by atoms with van der Waals surface area (Å²) in [6.45, 7) is 0. The monoisotopic (exact) mass is 103 g/mol. The van der Waals surface area contributed by atoms with Crippen molar-refractivity contribution in [1.29, 1.82) is 0 Å². The minimum absolute atomic E-state index is 0.646. The van der Waals surface area contributed by atoms with E-state index in [9.17, 15) is 0 Å². The Hall–Kier alpha value is -0.915. The molecule has 0 bridgehead atoms. The Bertz CT molecular complexity index is 165. The highest BCUT2D eigenvalue weighted by Crippen LogP contribution is 1.91. The molecule has 0 aliphatic heterocycles. The molecule has 1 aromatic carbocycles. The van der Waals surface area contributed by atoms with E-state index in [1.165, 1.54) is 0 Å². The molecule has 0 unspecified atom stereocenters. The van der Waals surface area contributed by atoms with Gasteiger partial charge < -0.3 is 5.73 Å². The van der Waals surface area contributed by atoms with E-state index in [1.807, 2.05) is 12.1 Å². The van der Waals surface area contributed by atoms with Crippen LogP contribution in [0, 0.1) is 0 Å². The average molecular weight is 103 g/mol. The lowest BCUT2D eigenvalue weighted by molar-refractivity contribution is 1.74. The molecule has 0 fully saturated rings. The summed E-state index contributed by atoms with van der Waals surface area (Å²) in [5.41, 5.74) is 6.69. The first-order chi connectivity index (χ1) is 3.80. The highest BCUT2D eigenvalue weighted by atomic mass is 14.5. The maximum atomic E-state index is 5.39. The molecule has 0 saturated heterocycles. The molecule has 1 aromatic rings. The van der Waals surface area contributed by atoms with E-state index in [4.69, 9.17) is 13.6 Å². The van der Waals surface area contributed by atoms with Gasteiger partial charge in [-0.3, -0.25) is 0 Å². The number of nitrogens with two attached hydrogens (primary N) is 1. The molecule has 1 nitrogen and oxygen atoms in total. The van der Waals surface area contributed by atoms with E-state index in [-0.39, 0.29) is 0 Å². The van der Waals surface area contributed by atoms with E-state index in [0.29, 0.717) is 11.2 Å². The molecule has 0 aliphatic rings. The second-order valence-electron chi connectivity index (χ2n) is 1.63. The highest BCUT2D eigenvalue weighted by Gasteiger charge is 1.84. The lowest BCUT2D eigenvalue weighted by Gasteiger charge is -1.94. The van der Waals surface area contributed by atoms with Crippen molar-refractivity contribution in [3.63, 3.8) is 0 Å². The van der Waals surface area contributed by atoms with Gasteiger partial charge in [0.05, 0.1) is 0 Å². The van der Waals surface area contributed by atoms with Gasteiger partial charge in [0, 0.05) is 5.69 Å². The van der Waals surface area contributed by atoms with Crippen molar-refractivity contribution >= 4 is 19.0 Å². The SMILES string of the molecule is [B]c1ccccc1N. The van der Waals surface area contributed by atoms with Gasteiger partial charge in [-0.05, 0) is 6.07 Å². The van der Waals surface area contributed by atoms with Crippen molar-refractivity contribution in [3.8, 4) is 0 Å². The van der Waals surface area contributed by atoms with Crippen molar-refractivity contribution in [1.82, 2.24) is 0 Å². The first-order valence-corrected chi connectivity index (χ1v) is 2.40. The minimum atomic E-state index is 0.646. The fourth-order valence-electron chi connectivity index (χ4n) is 0.511. The number of nitrogen functional groups attached to an aromatic ring is 1. The van der Waals surface area contributed by atoms with Gasteiger partial charge in [0.1, 0.15) is 7.85 Å². The van der Waals surface area contributed by atoms with Crippen LogP contribution < -0.4 is 11.2 Å². The van der Waals surface area contributed by atoms with Crippen LogP contribution >= 0.6 is 0 Å². The molecule has 0 saturated carbocycles. The normalized spacial score (nSPS) is 9.00. The summed E-state index contributed by atoms with van der Waals surface area (Å²) in [5, 5.41) is 0. The Morgan fingerprint density at radius 2 is 1.88 bits per heavy atom. The third kappa shape index (κ3) is 0.834. The van der Waals surface area contributed by atoms with Crippen molar-refractivity contribution in [2.45, 2.75) is 0 Å². The van der Waals surface area contributed by atoms with E-state index >= 15 is 0 Å². The molecule has 1 rings (SSSR count). The number of hydrogen-bond donors (Lipinski definition) is 1. The Balaban J connectivity index is 3.13. The number of hydrogen-bond acceptors (Lipinski definition) is 1. The van der Waals surface area contributed by atoms with Crippen LogP contribution in [0.1, 0.15) is 0 Å². The summed E-state index contributed by atoms with van der Waals surface area (Å²) in [4.78, 5) is 0. The highest BCUT2D eigenvalue weighted by molar-refractivity contribution is 6.35. The van der Waals surface area contributed by atoms with Crippen LogP contribution in [0.4, 0.5) is 5.69 Å². The quantitative estimate of drug-likeness (QED) is 0.364. The molecule has 0 aliphatic carbocycles. The van der Waals surface area contributed by atoms with Gasteiger partial charge in [-0.25, -0.2) is 0 Å². The molecule has 0 aromatic heterocycles. The first kappa shape index (κ1) is 5.23. The van der Waals surface area contributed by atoms with Gasteiger partial charge in [0.2, 0.25) is 0 Å². The van der Waals surface area contributed by atoms with Gasteiger partial charge in [0.25, 0.3) is 0 Å². The molecular weight excluding hydrogens is 96.9 g/mol. The fourth-order valence-corrected chi connectivity index (χ4v) is 0.511. The van der Waals surface area contributed by atoms with Crippen molar-refractivity contribution in [3.05, 3.63) is 24.3 Å². The van der Waals surface area contributed by atoms with Gasteiger partial charge >= 0.3 is 0 Å². The third-order valence-electron chi connectivity index (χ3n) is 0.996. The van der Waals surface area contributed by atoms with Crippen LogP contribution in [0.3, 0.4) is 0 Å². The van der Waals surface area contributed by atoms with Crippen molar-refractivity contribution < 1.29 is 0 Å². The fraction of sp³-hybridized carbons (Fsp3) is 0. The summed E-state index contributed by atoms with van der Waals surface area (Å²) < 4.78 is 0. The predicted molar refractivity (Wildman–Crippen MR) is 36.2 cm³/mol. The zero-order valence-corrected chi connectivity index (χ0v) is 4.46. The van der Waals surface area contributed by atoms with Crippen molar-refractivity contribution in [2.24, 2.45) is 0 Å². The largest absolute Gasteiger partial charge is 0.399 e. The van der Waals surface area contributed by atoms with Crippen molar-refractivity contribution in [2.75, 3.05) is 5.73 Å². The number of anilines is 1. The molecule has 0 heterocycles. The third-order valence-corrected chi connectivity index (χ3v) is 0.996. The lowest BCUT2D eigenvalue weighted by Crippen LogP contribution is -2.07. The second-order valence-corrected chi connectivity index (χ2v) is 1.63. The summed E-state index contributed by atoms with van der Waals surface area (Å²) in [5.74, 6) is 0. The zero-order chi connectivity index (χ0) is 5.98. The van der Waals surface area contributed by atoms with Gasteiger partial charge in [-0.15, -0.1) is 0 Å². The molecule has 2 heteroatoms. The molecule has 0 atom stereocenters. The summed E-state index contributed by atoms with van der Waals surface area (Å²) in [6, 6.07) is 7.25. The molecule has 2 radical (unpaired) electrons. The van der Waals surface area contributed by atoms with E-state index in [0.717, 1.165) is 0 Å². The van der Waals surface area contributed by atoms with Gasteiger partial charge in [0.15, 0.2) is 0 Å². The van der Waals surface area contributed by atoms with Crippen LogP contribution in [-0.2, 0) is 0 Å². The first-order valence-electron chi connectivity index (χ1n) is 2.40. The maximum absolute atomic E-state index is 5.39. The molecule has 0 amide bonds. The van der Waals surface area contributed by atoms with Crippen LogP contribution in [0.25, 0.3) is 0 Å². The number of para-hydroxylation sites is 1. The molecule has 0 spiro atoms. The topological polar surface area (TPSA) is 26.0 Å². The van der Waals surface area contributed by atoms with Crippen LogP contribution in [-0.4, -0.2) is 7.85 Å². The molecular formula is C6H6BN. The van der Waals surface area contributed by atoms with E-state index in [2.05, 4.69) is 0 Å². The van der Waals surface area contributed by atoms with Crippen LogP contribution in [0.15, 0.2) is 24.3 Å².